The molecule has 0 bridgehead atoms. The van der Waals surface area contributed by atoms with E-state index in [0.29, 0.717) is 0 Å². The number of pyridine rings is 2. The maximum atomic E-state index is 6.47. The summed E-state index contributed by atoms with van der Waals surface area (Å²) in [7, 11) is 0. The van der Waals surface area contributed by atoms with Crippen LogP contribution in [0.3, 0.4) is 0 Å². The van der Waals surface area contributed by atoms with Gasteiger partial charge >= 0.3 is 0 Å². The van der Waals surface area contributed by atoms with E-state index in [2.05, 4.69) is 69.3 Å². The molecule has 0 unspecified atom stereocenters. The highest BCUT2D eigenvalue weighted by Gasteiger charge is 2.26. The Morgan fingerprint density at radius 3 is 2.52 bits per heavy atom. The molecule has 0 fully saturated rings. The Bertz CT molecular complexity index is 1470. The number of hydrogen-bond acceptors (Lipinski definition) is 3. The number of rotatable bonds is 1. The van der Waals surface area contributed by atoms with Crippen molar-refractivity contribution in [1.29, 1.82) is 0 Å². The second kappa shape index (κ2) is 6.52. The average Bonchev–Trinajstić information content (AvgIpc) is 3.17. The second-order valence-corrected chi connectivity index (χ2v) is 9.44. The molecule has 0 spiro atoms. The summed E-state index contributed by atoms with van der Waals surface area (Å²) in [5, 5.41) is 3.62. The maximum absolute atomic E-state index is 6.47. The van der Waals surface area contributed by atoms with Crippen LogP contribution in [-0.4, -0.2) is 9.97 Å². The molecule has 3 aromatic heterocycles. The van der Waals surface area contributed by atoms with Gasteiger partial charge in [-0.2, -0.15) is 0 Å². The van der Waals surface area contributed by atoms with Gasteiger partial charge in [-0.1, -0.05) is 51.1 Å². The highest BCUT2D eigenvalue weighted by atomic mass is 16.3. The number of aromatic nitrogens is 2. The normalized spacial score (nSPS) is 13.4. The van der Waals surface area contributed by atoms with Crippen molar-refractivity contribution in [3.63, 3.8) is 0 Å². The van der Waals surface area contributed by atoms with Crippen molar-refractivity contribution < 1.29 is 4.42 Å². The lowest BCUT2D eigenvalue weighted by Gasteiger charge is -2.22. The highest BCUT2D eigenvalue weighted by molar-refractivity contribution is 6.03. The van der Waals surface area contributed by atoms with Crippen LogP contribution in [0.15, 0.2) is 71.4 Å². The van der Waals surface area contributed by atoms with Crippen LogP contribution < -0.4 is 0 Å². The van der Waals surface area contributed by atoms with Gasteiger partial charge in [-0.25, -0.2) is 0 Å². The largest absolute Gasteiger partial charge is 0.458 e. The van der Waals surface area contributed by atoms with E-state index in [4.69, 9.17) is 14.4 Å². The zero-order valence-electron chi connectivity index (χ0n) is 18.1. The van der Waals surface area contributed by atoms with Crippen molar-refractivity contribution in [3.8, 4) is 22.5 Å². The minimum atomic E-state index is 0.0226. The number of aryl methyl sites for hydroxylation is 2. The van der Waals surface area contributed by atoms with Crippen molar-refractivity contribution in [2.24, 2.45) is 0 Å². The molecule has 0 saturated heterocycles. The molecule has 3 heterocycles. The van der Waals surface area contributed by atoms with Crippen LogP contribution in [-0.2, 0) is 18.3 Å². The van der Waals surface area contributed by atoms with Gasteiger partial charge in [-0.05, 0) is 58.0 Å². The number of nitrogens with zero attached hydrogens (tertiary/aromatic N) is 2. The standard InChI is InChI=1S/C28H24N2O/c1-28(2,3)22-16-19(15-18-7-4-5-9-20(18)22)26-27-21(12-14-30-26)24-23(31-27)11-10-17-8-6-13-29-25(17)24/h4-9,12-16H,10-11H2,1-3H3. The molecule has 0 saturated carbocycles. The van der Waals surface area contributed by atoms with E-state index >= 15 is 0 Å². The van der Waals surface area contributed by atoms with Crippen LogP contribution in [0.2, 0.25) is 0 Å². The molecule has 31 heavy (non-hydrogen) atoms. The molecule has 6 rings (SSSR count). The van der Waals surface area contributed by atoms with Crippen molar-refractivity contribution in [2.75, 3.05) is 0 Å². The second-order valence-electron chi connectivity index (χ2n) is 9.44. The first-order valence-corrected chi connectivity index (χ1v) is 10.9. The molecule has 0 atom stereocenters. The zero-order chi connectivity index (χ0) is 21.2. The fraction of sp³-hybridized carbons (Fsp3) is 0.214. The summed E-state index contributed by atoms with van der Waals surface area (Å²) < 4.78 is 6.47. The summed E-state index contributed by atoms with van der Waals surface area (Å²) in [6, 6.07) is 19.4. The average molecular weight is 405 g/mol. The number of benzene rings is 2. The first-order chi connectivity index (χ1) is 15.0. The predicted molar refractivity (Wildman–Crippen MR) is 126 cm³/mol. The van der Waals surface area contributed by atoms with E-state index in [1.807, 2.05) is 18.5 Å². The van der Waals surface area contributed by atoms with Gasteiger partial charge in [0.15, 0.2) is 5.58 Å². The van der Waals surface area contributed by atoms with E-state index in [9.17, 15) is 0 Å². The lowest BCUT2D eigenvalue weighted by Crippen LogP contribution is -2.12. The van der Waals surface area contributed by atoms with Crippen molar-refractivity contribution in [3.05, 3.63) is 83.9 Å². The van der Waals surface area contributed by atoms with E-state index < -0.39 is 0 Å². The molecule has 0 N–H and O–H groups in total. The molecule has 1 aliphatic carbocycles. The third-order valence-corrected chi connectivity index (χ3v) is 6.37. The Hall–Kier alpha value is -3.46. The summed E-state index contributed by atoms with van der Waals surface area (Å²) >= 11 is 0. The van der Waals surface area contributed by atoms with Gasteiger partial charge in [-0.15, -0.1) is 0 Å². The van der Waals surface area contributed by atoms with Gasteiger partial charge < -0.3 is 4.42 Å². The Morgan fingerprint density at radius 1 is 0.806 bits per heavy atom. The lowest BCUT2D eigenvalue weighted by atomic mass is 9.82. The first kappa shape index (κ1) is 18.3. The molecule has 0 amide bonds. The summed E-state index contributed by atoms with van der Waals surface area (Å²) in [5.41, 5.74) is 7.68. The number of fused-ring (bicyclic) bond motifs is 6. The van der Waals surface area contributed by atoms with Gasteiger partial charge in [0.25, 0.3) is 0 Å². The fourth-order valence-electron chi connectivity index (χ4n) is 4.90. The molecule has 3 heteroatoms. The molecule has 1 aliphatic rings. The zero-order valence-corrected chi connectivity index (χ0v) is 18.1. The van der Waals surface area contributed by atoms with Gasteiger partial charge in [0.2, 0.25) is 0 Å². The van der Waals surface area contributed by atoms with Crippen LogP contribution in [0.1, 0.15) is 37.7 Å². The summed E-state index contributed by atoms with van der Waals surface area (Å²) in [6.07, 6.45) is 5.63. The van der Waals surface area contributed by atoms with Gasteiger partial charge in [0, 0.05) is 35.3 Å². The molecule has 2 aromatic carbocycles. The molecule has 0 aliphatic heterocycles. The third kappa shape index (κ3) is 2.80. The van der Waals surface area contributed by atoms with E-state index in [1.165, 1.54) is 21.9 Å². The van der Waals surface area contributed by atoms with Crippen LogP contribution in [0, 0.1) is 0 Å². The predicted octanol–water partition coefficient (Wildman–Crippen LogP) is 7.11. The molecule has 0 radical (unpaired) electrons. The van der Waals surface area contributed by atoms with E-state index in [1.54, 1.807) is 0 Å². The smallest absolute Gasteiger partial charge is 0.161 e. The number of furan rings is 1. The van der Waals surface area contributed by atoms with Gasteiger partial charge in [0.05, 0.1) is 5.69 Å². The van der Waals surface area contributed by atoms with E-state index in [0.717, 1.165) is 52.1 Å². The Labute approximate surface area is 181 Å². The summed E-state index contributed by atoms with van der Waals surface area (Å²) in [4.78, 5) is 9.48. The Morgan fingerprint density at radius 2 is 1.65 bits per heavy atom. The third-order valence-electron chi connectivity index (χ3n) is 6.37. The van der Waals surface area contributed by atoms with Gasteiger partial charge in [0.1, 0.15) is 11.5 Å². The van der Waals surface area contributed by atoms with Crippen LogP contribution >= 0.6 is 0 Å². The fourth-order valence-corrected chi connectivity index (χ4v) is 4.90. The minimum absolute atomic E-state index is 0.0226. The maximum Gasteiger partial charge on any atom is 0.161 e. The van der Waals surface area contributed by atoms with Crippen LogP contribution in [0.25, 0.3) is 44.3 Å². The van der Waals surface area contributed by atoms with Crippen molar-refractivity contribution in [1.82, 2.24) is 9.97 Å². The van der Waals surface area contributed by atoms with E-state index in [-0.39, 0.29) is 5.41 Å². The minimum Gasteiger partial charge on any atom is -0.458 e. The molecule has 152 valence electrons. The Kier molecular flexibility index (Phi) is 3.85. The van der Waals surface area contributed by atoms with Crippen LogP contribution in [0.4, 0.5) is 0 Å². The first-order valence-electron chi connectivity index (χ1n) is 10.9. The quantitative estimate of drug-likeness (QED) is 0.299. The summed E-state index contributed by atoms with van der Waals surface area (Å²) in [6.45, 7) is 6.79. The lowest BCUT2D eigenvalue weighted by molar-refractivity contribution is 0.545. The van der Waals surface area contributed by atoms with Crippen molar-refractivity contribution >= 4 is 21.7 Å². The molecular formula is C28H24N2O. The van der Waals surface area contributed by atoms with Gasteiger partial charge in [-0.3, -0.25) is 9.97 Å². The highest BCUT2D eigenvalue weighted by Crippen LogP contribution is 2.43. The summed E-state index contributed by atoms with van der Waals surface area (Å²) in [5.74, 6) is 1.02. The molecule has 5 aromatic rings. The van der Waals surface area contributed by atoms with Crippen LogP contribution in [0.5, 0.6) is 0 Å². The SMILES string of the molecule is CC(C)(C)c1cc(-c2nccc3c4c(oc23)CCc2cccnc2-4)cc2ccccc12. The Balaban J connectivity index is 1.64. The monoisotopic (exact) mass is 404 g/mol. The number of hydrogen-bond donors (Lipinski definition) is 0. The molecule has 3 nitrogen and oxygen atoms in total. The molecular weight excluding hydrogens is 380 g/mol. The van der Waals surface area contributed by atoms with Crippen molar-refractivity contribution in [2.45, 2.75) is 39.0 Å². The topological polar surface area (TPSA) is 38.9 Å².